The van der Waals surface area contributed by atoms with Gasteiger partial charge in [-0.2, -0.15) is 0 Å². The van der Waals surface area contributed by atoms with E-state index in [0.29, 0.717) is 5.69 Å². The average molecular weight is 280 g/mol. The topological polar surface area (TPSA) is 30.0 Å². The molecule has 2 rings (SSSR count). The highest BCUT2D eigenvalue weighted by Gasteiger charge is 2.10. The fourth-order valence-corrected chi connectivity index (χ4v) is 2.90. The molecule has 0 amide bonds. The van der Waals surface area contributed by atoms with E-state index in [1.165, 1.54) is 28.0 Å². The highest BCUT2D eigenvalue weighted by Crippen LogP contribution is 2.17. The molecule has 0 fully saturated rings. The minimum Gasteiger partial charge on any atom is -0.291 e. The van der Waals surface area contributed by atoms with Crippen molar-refractivity contribution in [3.8, 4) is 0 Å². The Balaban J connectivity index is 2.18. The fraction of sp³-hybridized carbons (Fsp3) is 0.286. The minimum atomic E-state index is -0.111. The number of aromatic nitrogens is 1. The molecule has 18 heavy (non-hydrogen) atoms. The van der Waals surface area contributed by atoms with Gasteiger partial charge in [-0.15, -0.1) is 22.9 Å². The third-order valence-corrected chi connectivity index (χ3v) is 3.69. The van der Waals surface area contributed by atoms with Crippen molar-refractivity contribution in [1.82, 2.24) is 4.98 Å². The van der Waals surface area contributed by atoms with E-state index < -0.39 is 0 Å². The highest BCUT2D eigenvalue weighted by molar-refractivity contribution is 7.09. The monoisotopic (exact) mass is 279 g/mol. The summed E-state index contributed by atoms with van der Waals surface area (Å²) in [5.74, 6) is -0.119. The maximum atomic E-state index is 11.4. The second-order valence-corrected chi connectivity index (χ2v) is 5.57. The molecule has 1 heterocycles. The molecule has 1 aromatic carbocycles. The number of nitrogens with zero attached hydrogens (tertiary/aromatic N) is 1. The van der Waals surface area contributed by atoms with Gasteiger partial charge in [0.1, 0.15) is 5.69 Å². The summed E-state index contributed by atoms with van der Waals surface area (Å²) in [6, 6.07) is 6.45. The molecule has 0 spiro atoms. The molecule has 94 valence electrons. The number of halogens is 1. The number of hydrogen-bond acceptors (Lipinski definition) is 3. The van der Waals surface area contributed by atoms with Crippen LogP contribution in [0.1, 0.15) is 32.2 Å². The molecule has 4 heteroatoms. The third kappa shape index (κ3) is 3.18. The van der Waals surface area contributed by atoms with Crippen LogP contribution in [0.15, 0.2) is 23.6 Å². The van der Waals surface area contributed by atoms with Gasteiger partial charge in [0.2, 0.25) is 0 Å². The summed E-state index contributed by atoms with van der Waals surface area (Å²) >= 11 is 7.02. The van der Waals surface area contributed by atoms with Crippen LogP contribution >= 0.6 is 22.9 Å². The minimum absolute atomic E-state index is 0.00722. The smallest absolute Gasteiger partial charge is 0.196 e. The Morgan fingerprint density at radius 2 is 1.94 bits per heavy atom. The first-order valence-corrected chi connectivity index (χ1v) is 7.10. The van der Waals surface area contributed by atoms with E-state index in [1.54, 1.807) is 5.38 Å². The number of alkyl halides is 1. The molecule has 0 aliphatic carbocycles. The zero-order chi connectivity index (χ0) is 13.1. The van der Waals surface area contributed by atoms with Crippen molar-refractivity contribution in [3.63, 3.8) is 0 Å². The van der Waals surface area contributed by atoms with E-state index in [2.05, 4.69) is 37.0 Å². The van der Waals surface area contributed by atoms with Gasteiger partial charge < -0.3 is 0 Å². The van der Waals surface area contributed by atoms with Crippen LogP contribution in [-0.4, -0.2) is 16.6 Å². The third-order valence-electron chi connectivity index (χ3n) is 2.60. The second kappa shape index (κ2) is 5.63. The summed E-state index contributed by atoms with van der Waals surface area (Å²) in [5.41, 5.74) is 4.21. The molecule has 0 aliphatic rings. The molecule has 0 unspecified atom stereocenters. The van der Waals surface area contributed by atoms with Crippen LogP contribution in [0.2, 0.25) is 0 Å². The fourth-order valence-electron chi connectivity index (χ4n) is 1.93. The molecule has 1 aromatic heterocycles. The summed E-state index contributed by atoms with van der Waals surface area (Å²) in [4.78, 5) is 15.7. The average Bonchev–Trinajstić information content (AvgIpc) is 2.75. The van der Waals surface area contributed by atoms with Crippen LogP contribution in [0.3, 0.4) is 0 Å². The number of hydrogen-bond donors (Lipinski definition) is 0. The Morgan fingerprint density at radius 1 is 1.28 bits per heavy atom. The van der Waals surface area contributed by atoms with Gasteiger partial charge >= 0.3 is 0 Å². The van der Waals surface area contributed by atoms with Gasteiger partial charge in [-0.25, -0.2) is 4.98 Å². The van der Waals surface area contributed by atoms with Gasteiger partial charge in [-0.05, 0) is 19.4 Å². The molecule has 0 radical (unpaired) electrons. The Labute approximate surface area is 116 Å². The van der Waals surface area contributed by atoms with Gasteiger partial charge in [-0.3, -0.25) is 4.79 Å². The Bertz CT molecular complexity index is 557. The largest absolute Gasteiger partial charge is 0.291 e. The molecule has 0 N–H and O–H groups in total. The van der Waals surface area contributed by atoms with Crippen molar-refractivity contribution in [2.24, 2.45) is 0 Å². The molecular formula is C14H14ClNOS. The summed E-state index contributed by atoms with van der Waals surface area (Å²) < 4.78 is 0. The lowest BCUT2D eigenvalue weighted by Crippen LogP contribution is -2.01. The highest BCUT2D eigenvalue weighted by atomic mass is 35.5. The Kier molecular flexibility index (Phi) is 4.15. The van der Waals surface area contributed by atoms with Gasteiger partial charge in [0, 0.05) is 11.8 Å². The first kappa shape index (κ1) is 13.2. The normalized spacial score (nSPS) is 10.6. The van der Waals surface area contributed by atoms with E-state index >= 15 is 0 Å². The quantitative estimate of drug-likeness (QED) is 0.630. The zero-order valence-electron chi connectivity index (χ0n) is 10.4. The maximum Gasteiger partial charge on any atom is 0.196 e. The van der Waals surface area contributed by atoms with E-state index in [0.717, 1.165) is 11.4 Å². The zero-order valence-corrected chi connectivity index (χ0v) is 11.9. The predicted octanol–water partition coefficient (Wildman–Crippen LogP) is 3.77. The van der Waals surface area contributed by atoms with Crippen molar-refractivity contribution in [2.45, 2.75) is 20.3 Å². The first-order chi connectivity index (χ1) is 8.58. The Hall–Kier alpha value is -1.19. The van der Waals surface area contributed by atoms with Gasteiger partial charge in [0.05, 0.1) is 10.9 Å². The number of benzene rings is 1. The number of Topliss-reactive ketones (excluding diaryl/α,β-unsaturated/α-hetero) is 1. The van der Waals surface area contributed by atoms with Crippen LogP contribution in [0, 0.1) is 13.8 Å². The van der Waals surface area contributed by atoms with Crippen molar-refractivity contribution < 1.29 is 4.79 Å². The SMILES string of the molecule is Cc1cc(C)cc(Cc2nc(C(=O)CCl)cs2)c1. The van der Waals surface area contributed by atoms with Crippen molar-refractivity contribution in [3.05, 3.63) is 51.0 Å². The number of ketones is 1. The van der Waals surface area contributed by atoms with Gasteiger partial charge in [0.15, 0.2) is 5.78 Å². The van der Waals surface area contributed by atoms with Gasteiger partial charge in [0.25, 0.3) is 0 Å². The molecule has 0 atom stereocenters. The summed E-state index contributed by atoms with van der Waals surface area (Å²) in [6.45, 7) is 4.17. The molecular weight excluding hydrogens is 266 g/mol. The molecule has 2 nitrogen and oxygen atoms in total. The molecule has 0 bridgehead atoms. The number of thiazole rings is 1. The lowest BCUT2D eigenvalue weighted by molar-refractivity contribution is 0.101. The second-order valence-electron chi connectivity index (χ2n) is 4.36. The molecule has 0 saturated heterocycles. The van der Waals surface area contributed by atoms with Crippen LogP contribution in [0.25, 0.3) is 0 Å². The summed E-state index contributed by atoms with van der Waals surface area (Å²) in [6.07, 6.45) is 0.767. The van der Waals surface area contributed by atoms with E-state index in [-0.39, 0.29) is 11.7 Å². The maximum absolute atomic E-state index is 11.4. The number of carbonyl (C=O) groups is 1. The van der Waals surface area contributed by atoms with E-state index in [9.17, 15) is 4.79 Å². The van der Waals surface area contributed by atoms with Crippen molar-refractivity contribution in [2.75, 3.05) is 5.88 Å². The van der Waals surface area contributed by atoms with Crippen LogP contribution < -0.4 is 0 Å². The van der Waals surface area contributed by atoms with Crippen LogP contribution in [0.4, 0.5) is 0 Å². The van der Waals surface area contributed by atoms with Crippen LogP contribution in [-0.2, 0) is 6.42 Å². The van der Waals surface area contributed by atoms with Crippen molar-refractivity contribution >= 4 is 28.7 Å². The lowest BCUT2D eigenvalue weighted by Gasteiger charge is -2.02. The molecule has 2 aromatic rings. The van der Waals surface area contributed by atoms with Crippen molar-refractivity contribution in [1.29, 1.82) is 0 Å². The first-order valence-electron chi connectivity index (χ1n) is 5.69. The van der Waals surface area contributed by atoms with Crippen LogP contribution in [0.5, 0.6) is 0 Å². The van der Waals surface area contributed by atoms with Gasteiger partial charge in [-0.1, -0.05) is 29.3 Å². The number of rotatable bonds is 4. The Morgan fingerprint density at radius 3 is 2.56 bits per heavy atom. The molecule has 0 aliphatic heterocycles. The lowest BCUT2D eigenvalue weighted by atomic mass is 10.1. The summed E-state index contributed by atoms with van der Waals surface area (Å²) in [5, 5.41) is 2.73. The summed E-state index contributed by atoms with van der Waals surface area (Å²) in [7, 11) is 0. The predicted molar refractivity (Wildman–Crippen MR) is 75.9 cm³/mol. The standard InChI is InChI=1S/C14H14ClNOS/c1-9-3-10(2)5-11(4-9)6-14-16-12(8-18-14)13(17)7-15/h3-5,8H,6-7H2,1-2H3. The number of carbonyl (C=O) groups excluding carboxylic acids is 1. The van der Waals surface area contributed by atoms with E-state index in [1.807, 2.05) is 0 Å². The van der Waals surface area contributed by atoms with E-state index in [4.69, 9.17) is 11.6 Å². The number of aryl methyl sites for hydroxylation is 2. The molecule has 0 saturated carbocycles.